The number of alkyl halides is 1. The Morgan fingerprint density at radius 3 is 2.71 bits per heavy atom. The SMILES string of the molecule is O=C1CCN(Cc2ccccc2)[I-]C1. The Kier molecular flexibility index (Phi) is 3.53. The van der Waals surface area contributed by atoms with Gasteiger partial charge in [-0.05, 0) is 0 Å². The molecule has 0 aromatic heterocycles. The normalized spacial score (nSPS) is 19.0. The van der Waals surface area contributed by atoms with Crippen molar-refractivity contribution in [2.24, 2.45) is 0 Å². The monoisotopic (exact) mass is 302 g/mol. The number of rotatable bonds is 2. The summed E-state index contributed by atoms with van der Waals surface area (Å²) in [6.07, 6.45) is 0.757. The first-order valence-corrected chi connectivity index (χ1v) is 7.23. The summed E-state index contributed by atoms with van der Waals surface area (Å²) in [5.74, 6) is 0.460. The van der Waals surface area contributed by atoms with E-state index in [0.717, 1.165) is 23.9 Å². The fourth-order valence-electron chi connectivity index (χ4n) is 1.43. The molecule has 1 aromatic carbocycles. The molecule has 0 unspecified atom stereocenters. The van der Waals surface area contributed by atoms with Gasteiger partial charge in [-0.3, -0.25) is 0 Å². The van der Waals surface area contributed by atoms with Crippen LogP contribution in [-0.2, 0) is 11.3 Å². The van der Waals surface area contributed by atoms with Crippen molar-refractivity contribution in [1.82, 2.24) is 3.11 Å². The number of carbonyl (C=O) groups excluding carboxylic acids is 1. The molecule has 1 heterocycles. The number of carbonyl (C=O) groups is 1. The van der Waals surface area contributed by atoms with Crippen LogP contribution in [0.1, 0.15) is 12.0 Å². The predicted molar refractivity (Wildman–Crippen MR) is 51.3 cm³/mol. The summed E-state index contributed by atoms with van der Waals surface area (Å²) in [7, 11) is 0. The maximum atomic E-state index is 11.1. The molecule has 0 atom stereocenters. The van der Waals surface area contributed by atoms with Crippen molar-refractivity contribution in [2.75, 3.05) is 11.0 Å². The van der Waals surface area contributed by atoms with Crippen molar-refractivity contribution >= 4 is 5.78 Å². The Morgan fingerprint density at radius 2 is 2.07 bits per heavy atom. The molecule has 2 nitrogen and oxygen atoms in total. The topological polar surface area (TPSA) is 20.3 Å². The van der Waals surface area contributed by atoms with Gasteiger partial charge in [0.1, 0.15) is 0 Å². The first kappa shape index (κ1) is 10.1. The van der Waals surface area contributed by atoms with Gasteiger partial charge in [-0.15, -0.1) is 0 Å². The Bertz CT molecular complexity index is 302. The molecule has 0 amide bonds. The first-order chi connectivity index (χ1) is 6.84. The molecule has 0 spiro atoms. The molecule has 0 bridgehead atoms. The molecule has 2 rings (SSSR count). The molecule has 1 aliphatic rings. The third kappa shape index (κ3) is 2.78. The fraction of sp³-hybridized carbons (Fsp3) is 0.364. The summed E-state index contributed by atoms with van der Waals surface area (Å²) in [6, 6.07) is 10.5. The Labute approximate surface area is 94.9 Å². The quantitative estimate of drug-likeness (QED) is 0.375. The van der Waals surface area contributed by atoms with Crippen LogP contribution in [0.3, 0.4) is 0 Å². The second-order valence-corrected chi connectivity index (χ2v) is 6.18. The minimum absolute atomic E-state index is 0.0335. The Balaban J connectivity index is 1.89. The molecule has 76 valence electrons. The van der Waals surface area contributed by atoms with E-state index in [1.54, 1.807) is 0 Å². The standard InChI is InChI=1S/C11H13INO/c14-11-6-7-13(12-8-11)9-10-4-2-1-3-5-10/h1-5H,6-9H2/q-1. The predicted octanol–water partition coefficient (Wildman–Crippen LogP) is -1.53. The summed E-state index contributed by atoms with van der Waals surface area (Å²) in [4.78, 5) is 11.1. The van der Waals surface area contributed by atoms with Crippen molar-refractivity contribution in [2.45, 2.75) is 13.0 Å². The van der Waals surface area contributed by atoms with Gasteiger partial charge in [0.05, 0.1) is 0 Å². The third-order valence-corrected chi connectivity index (χ3v) is 5.19. The van der Waals surface area contributed by atoms with Crippen molar-refractivity contribution in [3.05, 3.63) is 35.9 Å². The van der Waals surface area contributed by atoms with Crippen LogP contribution >= 0.6 is 0 Å². The number of Topliss-reactive ketones (excluding diaryl/α,β-unsaturated/α-hetero) is 1. The Hall–Kier alpha value is -0.420. The van der Waals surface area contributed by atoms with Gasteiger partial charge in [0, 0.05) is 0 Å². The second kappa shape index (κ2) is 4.89. The molecule has 0 aliphatic carbocycles. The van der Waals surface area contributed by atoms with Crippen LogP contribution < -0.4 is 21.5 Å². The zero-order valence-corrected chi connectivity index (χ0v) is 10.1. The van der Waals surface area contributed by atoms with E-state index in [1.165, 1.54) is 5.56 Å². The number of nitrogens with zero attached hydrogens (tertiary/aromatic N) is 1. The molecule has 1 aromatic rings. The van der Waals surface area contributed by atoms with Crippen molar-refractivity contribution < 1.29 is 26.3 Å². The molecule has 0 radical (unpaired) electrons. The number of ketones is 1. The van der Waals surface area contributed by atoms with Gasteiger partial charge in [0.2, 0.25) is 0 Å². The zero-order valence-electron chi connectivity index (χ0n) is 7.95. The van der Waals surface area contributed by atoms with E-state index in [2.05, 4.69) is 27.4 Å². The van der Waals surface area contributed by atoms with Crippen molar-refractivity contribution in [3.8, 4) is 0 Å². The summed E-state index contributed by atoms with van der Waals surface area (Å²) in [6.45, 7) is 2.00. The average molecular weight is 302 g/mol. The van der Waals surface area contributed by atoms with Gasteiger partial charge in [-0.1, -0.05) is 0 Å². The van der Waals surface area contributed by atoms with Crippen LogP contribution in [0.15, 0.2) is 30.3 Å². The summed E-state index contributed by atoms with van der Waals surface area (Å²) in [5, 5.41) is 0. The number of halogens is 1. The van der Waals surface area contributed by atoms with Gasteiger partial charge >= 0.3 is 95.0 Å². The summed E-state index contributed by atoms with van der Waals surface area (Å²) < 4.78 is 3.29. The van der Waals surface area contributed by atoms with Gasteiger partial charge in [-0.2, -0.15) is 0 Å². The fourth-order valence-corrected chi connectivity index (χ4v) is 3.89. The number of hydrogen-bond acceptors (Lipinski definition) is 2. The number of hydrogen-bond donors (Lipinski definition) is 0. The van der Waals surface area contributed by atoms with E-state index in [1.807, 2.05) is 6.07 Å². The zero-order chi connectivity index (χ0) is 9.80. The van der Waals surface area contributed by atoms with Crippen molar-refractivity contribution in [3.63, 3.8) is 0 Å². The van der Waals surface area contributed by atoms with E-state index < -0.39 is 0 Å². The van der Waals surface area contributed by atoms with E-state index >= 15 is 0 Å². The van der Waals surface area contributed by atoms with Crippen LogP contribution in [0, 0.1) is 0 Å². The molecule has 0 N–H and O–H groups in total. The molecule has 1 aliphatic heterocycles. The summed E-state index contributed by atoms with van der Waals surface area (Å²) in [5.41, 5.74) is 1.36. The minimum atomic E-state index is -0.0335. The van der Waals surface area contributed by atoms with Gasteiger partial charge in [-0.25, -0.2) is 0 Å². The maximum absolute atomic E-state index is 11.1. The van der Waals surface area contributed by atoms with Crippen LogP contribution in [0.2, 0.25) is 0 Å². The van der Waals surface area contributed by atoms with E-state index in [4.69, 9.17) is 0 Å². The molecule has 1 fully saturated rings. The van der Waals surface area contributed by atoms with Crippen LogP contribution in [0.5, 0.6) is 0 Å². The van der Waals surface area contributed by atoms with Gasteiger partial charge in [0.25, 0.3) is 0 Å². The molecular weight excluding hydrogens is 289 g/mol. The average Bonchev–Trinajstić information content (AvgIpc) is 2.23. The van der Waals surface area contributed by atoms with E-state index in [9.17, 15) is 4.79 Å². The molecule has 0 saturated carbocycles. The summed E-state index contributed by atoms with van der Waals surface area (Å²) >= 11 is -0.0335. The van der Waals surface area contributed by atoms with Crippen LogP contribution in [0.4, 0.5) is 0 Å². The van der Waals surface area contributed by atoms with E-state index in [-0.39, 0.29) is 21.5 Å². The van der Waals surface area contributed by atoms with Crippen LogP contribution in [0.25, 0.3) is 0 Å². The second-order valence-electron chi connectivity index (χ2n) is 3.37. The third-order valence-electron chi connectivity index (χ3n) is 2.21. The van der Waals surface area contributed by atoms with E-state index in [0.29, 0.717) is 5.78 Å². The van der Waals surface area contributed by atoms with Crippen LogP contribution in [-0.4, -0.2) is 19.9 Å². The Morgan fingerprint density at radius 1 is 1.29 bits per heavy atom. The number of benzene rings is 1. The first-order valence-electron chi connectivity index (χ1n) is 4.74. The molecule has 1 saturated heterocycles. The van der Waals surface area contributed by atoms with Gasteiger partial charge < -0.3 is 0 Å². The van der Waals surface area contributed by atoms with Gasteiger partial charge in [0.15, 0.2) is 0 Å². The molecule has 3 heteroatoms. The molecule has 14 heavy (non-hydrogen) atoms. The van der Waals surface area contributed by atoms with Crippen molar-refractivity contribution in [1.29, 1.82) is 0 Å². The molecular formula is C11H13INO-.